The highest BCUT2D eigenvalue weighted by molar-refractivity contribution is 6.98. The van der Waals surface area contributed by atoms with Crippen LogP contribution in [0.4, 0.5) is 68.2 Å². The minimum Gasteiger partial charge on any atom is -0.458 e. The summed E-state index contributed by atoms with van der Waals surface area (Å²) in [4.78, 5) is 9.52. The van der Waals surface area contributed by atoms with Crippen LogP contribution in [0.25, 0.3) is 0 Å². The Morgan fingerprint density at radius 1 is 0.368 bits per heavy atom. The maximum Gasteiger partial charge on any atom is 0.260 e. The van der Waals surface area contributed by atoms with Crippen molar-refractivity contribution >= 4 is 91.3 Å². The number of para-hydroxylation sites is 10. The van der Waals surface area contributed by atoms with E-state index < -0.39 is 0 Å². The van der Waals surface area contributed by atoms with Gasteiger partial charge in [0.05, 0.1) is 45.5 Å². The zero-order chi connectivity index (χ0) is 45.5. The topological polar surface area (TPSA) is 31.4 Å². The largest absolute Gasteiger partial charge is 0.458 e. The van der Waals surface area contributed by atoms with Crippen molar-refractivity contribution in [1.29, 1.82) is 0 Å². The molecule has 0 bridgehead atoms. The molecule has 0 atom stereocenters. The van der Waals surface area contributed by atoms with Crippen molar-refractivity contribution in [2.45, 2.75) is 44.9 Å². The smallest absolute Gasteiger partial charge is 0.260 e. The molecule has 6 nitrogen and oxygen atoms in total. The van der Waals surface area contributed by atoms with Crippen molar-refractivity contribution < 1.29 is 9.47 Å². The summed E-state index contributed by atoms with van der Waals surface area (Å²) < 4.78 is 14.7. The molecule has 0 radical (unpaired) electrons. The van der Waals surface area contributed by atoms with Gasteiger partial charge < -0.3 is 29.1 Å². The summed E-state index contributed by atoms with van der Waals surface area (Å²) in [5.74, 6) is 3.56. The molecule has 9 aromatic rings. The van der Waals surface area contributed by atoms with Gasteiger partial charge in [-0.25, -0.2) is 0 Å². The molecule has 0 N–H and O–H groups in total. The standard InChI is InChI=1S/C61H47BN4O2/c1-60(2)38-61(3,4)57-43(60)37-56-58-59(57)68-55-36-42(66-52-29-17-13-25-48(52)64(40-21-9-6-10-22-40)49-26-14-18-30-53(49)66)32-34-45(55)62(58)44-33-31-41(35-54(44)67-56)65-50-27-15-11-23-46(50)63(39-19-7-5-8-20-39)47-24-12-16-28-51(47)65/h5-37H,38H2,1-4H3. The molecule has 5 aliphatic rings. The van der Waals surface area contributed by atoms with E-state index >= 15 is 0 Å². The zero-order valence-corrected chi connectivity index (χ0v) is 38.4. The lowest BCUT2D eigenvalue weighted by atomic mass is 9.34. The molecule has 0 unspecified atom stereocenters. The predicted molar refractivity (Wildman–Crippen MR) is 281 cm³/mol. The molecule has 0 aromatic heterocycles. The quantitative estimate of drug-likeness (QED) is 0.164. The van der Waals surface area contributed by atoms with E-state index in [4.69, 9.17) is 9.47 Å². The first-order valence-corrected chi connectivity index (χ1v) is 23.8. The van der Waals surface area contributed by atoms with Crippen molar-refractivity contribution in [3.05, 3.63) is 211 Å². The first-order chi connectivity index (χ1) is 33.2. The molecular weight excluding hydrogens is 832 g/mol. The van der Waals surface area contributed by atoms with E-state index in [0.29, 0.717) is 0 Å². The van der Waals surface area contributed by atoms with Gasteiger partial charge >= 0.3 is 0 Å². The second-order valence-corrected chi connectivity index (χ2v) is 20.0. The van der Waals surface area contributed by atoms with E-state index in [-0.39, 0.29) is 17.5 Å². The third-order valence-corrected chi connectivity index (χ3v) is 14.9. The van der Waals surface area contributed by atoms with Gasteiger partial charge in [-0.1, -0.05) is 125 Å². The van der Waals surface area contributed by atoms with Gasteiger partial charge in [0.1, 0.15) is 23.0 Å². The van der Waals surface area contributed by atoms with Gasteiger partial charge in [0.25, 0.3) is 6.71 Å². The van der Waals surface area contributed by atoms with Crippen molar-refractivity contribution in [3.63, 3.8) is 0 Å². The summed E-state index contributed by atoms with van der Waals surface area (Å²) in [6.45, 7) is 9.39. The Bertz CT molecular complexity index is 3450. The van der Waals surface area contributed by atoms with Gasteiger partial charge in [-0.3, -0.25) is 0 Å². The van der Waals surface area contributed by atoms with Crippen molar-refractivity contribution in [1.82, 2.24) is 0 Å². The van der Waals surface area contributed by atoms with E-state index in [1.807, 2.05) is 0 Å². The molecule has 9 aromatic carbocycles. The summed E-state index contributed by atoms with van der Waals surface area (Å²) in [6.07, 6.45) is 1.01. The molecule has 7 heteroatoms. The Balaban J connectivity index is 0.943. The summed E-state index contributed by atoms with van der Waals surface area (Å²) in [6, 6.07) is 72.2. The fraction of sp³-hybridized carbons (Fsp3) is 0.115. The maximum absolute atomic E-state index is 7.42. The molecule has 0 fully saturated rings. The fourth-order valence-corrected chi connectivity index (χ4v) is 12.4. The first-order valence-electron chi connectivity index (χ1n) is 23.8. The second-order valence-electron chi connectivity index (χ2n) is 20.0. The van der Waals surface area contributed by atoms with Gasteiger partial charge in [0.2, 0.25) is 0 Å². The molecular formula is C61H47BN4O2. The van der Waals surface area contributed by atoms with Gasteiger partial charge in [-0.15, -0.1) is 0 Å². The van der Waals surface area contributed by atoms with Crippen molar-refractivity contribution in [2.75, 3.05) is 19.6 Å². The third-order valence-electron chi connectivity index (χ3n) is 14.9. The summed E-state index contributed by atoms with van der Waals surface area (Å²) in [5.41, 5.74) is 19.0. The molecule has 0 saturated heterocycles. The molecule has 4 aliphatic heterocycles. The number of fused-ring (bicyclic) bond motifs is 10. The number of anilines is 12. The number of nitrogens with zero attached hydrogens (tertiary/aromatic N) is 4. The fourth-order valence-electron chi connectivity index (χ4n) is 12.4. The highest BCUT2D eigenvalue weighted by Gasteiger charge is 2.50. The average Bonchev–Trinajstić information content (AvgIpc) is 3.56. The first kappa shape index (κ1) is 39.1. The lowest BCUT2D eigenvalue weighted by Crippen LogP contribution is -2.57. The SMILES string of the molecule is CC1(C)CC(C)(C)c2c1cc1c3c2Oc2cc(N4c5ccccc5N(c5ccccc5)c5ccccc54)ccc2B3c2ccc(N3c4ccccc4N(c4ccccc4)c4ccccc43)cc2O1. The van der Waals surface area contributed by atoms with Gasteiger partial charge in [-0.2, -0.15) is 0 Å². The number of hydrogen-bond acceptors (Lipinski definition) is 6. The van der Waals surface area contributed by atoms with E-state index in [1.165, 1.54) is 11.1 Å². The molecule has 14 rings (SSSR count). The highest BCUT2D eigenvalue weighted by Crippen LogP contribution is 2.59. The van der Waals surface area contributed by atoms with Crippen LogP contribution < -0.4 is 45.5 Å². The van der Waals surface area contributed by atoms with Gasteiger partial charge in [0.15, 0.2) is 0 Å². The van der Waals surface area contributed by atoms with Crippen LogP contribution >= 0.6 is 0 Å². The number of hydrogen-bond donors (Lipinski definition) is 0. The van der Waals surface area contributed by atoms with E-state index in [2.05, 4.69) is 247 Å². The van der Waals surface area contributed by atoms with E-state index in [0.717, 1.165) is 114 Å². The molecule has 68 heavy (non-hydrogen) atoms. The maximum atomic E-state index is 7.42. The monoisotopic (exact) mass is 878 g/mol. The minimum atomic E-state index is -0.110. The summed E-state index contributed by atoms with van der Waals surface area (Å²) in [5, 5.41) is 0. The summed E-state index contributed by atoms with van der Waals surface area (Å²) >= 11 is 0. The van der Waals surface area contributed by atoms with Gasteiger partial charge in [-0.05, 0) is 125 Å². The normalized spacial score (nSPS) is 15.9. The summed E-state index contributed by atoms with van der Waals surface area (Å²) in [7, 11) is 0. The molecule has 0 saturated carbocycles. The van der Waals surface area contributed by atoms with Crippen molar-refractivity contribution in [3.8, 4) is 23.0 Å². The van der Waals surface area contributed by atoms with E-state index in [1.54, 1.807) is 0 Å². The zero-order valence-electron chi connectivity index (χ0n) is 38.4. The van der Waals surface area contributed by atoms with E-state index in [9.17, 15) is 0 Å². The molecule has 0 amide bonds. The number of rotatable bonds is 4. The van der Waals surface area contributed by atoms with Crippen LogP contribution in [0.3, 0.4) is 0 Å². The lowest BCUT2D eigenvalue weighted by molar-refractivity contribution is 0.394. The Hall–Kier alpha value is -8.16. The molecule has 1 aliphatic carbocycles. The van der Waals surface area contributed by atoms with Gasteiger partial charge in [0, 0.05) is 45.9 Å². The second kappa shape index (κ2) is 14.2. The molecule has 0 spiro atoms. The Labute approximate surface area is 398 Å². The Morgan fingerprint density at radius 2 is 0.735 bits per heavy atom. The molecule has 4 heterocycles. The van der Waals surface area contributed by atoms with Crippen LogP contribution in [0.2, 0.25) is 0 Å². The van der Waals surface area contributed by atoms with Crippen LogP contribution in [-0.2, 0) is 10.8 Å². The van der Waals surface area contributed by atoms with Crippen molar-refractivity contribution in [2.24, 2.45) is 0 Å². The Morgan fingerprint density at radius 3 is 1.15 bits per heavy atom. The third kappa shape index (κ3) is 5.53. The predicted octanol–water partition coefficient (Wildman–Crippen LogP) is 14.9. The molecule has 326 valence electrons. The number of ether oxygens (including phenoxy) is 2. The number of benzene rings is 9. The van der Waals surface area contributed by atoms with Crippen LogP contribution in [0.15, 0.2) is 200 Å². The highest BCUT2D eigenvalue weighted by atomic mass is 16.5. The van der Waals surface area contributed by atoms with Crippen LogP contribution in [0.5, 0.6) is 23.0 Å². The lowest BCUT2D eigenvalue weighted by Gasteiger charge is -2.41. The van der Waals surface area contributed by atoms with Crippen LogP contribution in [-0.4, -0.2) is 6.71 Å². The average molecular weight is 879 g/mol. The van der Waals surface area contributed by atoms with Crippen LogP contribution in [0.1, 0.15) is 45.2 Å². The van der Waals surface area contributed by atoms with Crippen LogP contribution in [0, 0.1) is 0 Å². The Kier molecular flexibility index (Phi) is 8.14. The minimum absolute atomic E-state index is 0.0749.